The van der Waals surface area contributed by atoms with Gasteiger partial charge in [0.05, 0.1) is 72.6 Å². The van der Waals surface area contributed by atoms with Crippen LogP contribution in [0.25, 0.3) is 95.3 Å². The van der Waals surface area contributed by atoms with E-state index in [1.165, 1.54) is 43.5 Å². The number of piperidine rings is 6. The Balaban J connectivity index is 0.000000168. The van der Waals surface area contributed by atoms with Crippen molar-refractivity contribution >= 4 is 137 Å². The lowest BCUT2D eigenvalue weighted by molar-refractivity contribution is -0.131. The van der Waals surface area contributed by atoms with E-state index in [4.69, 9.17) is 84.7 Å². The fraction of sp³-hybridized carbons (Fsp3) is 0.500. The van der Waals surface area contributed by atoms with Crippen molar-refractivity contribution in [3.05, 3.63) is 180 Å². The van der Waals surface area contributed by atoms with Gasteiger partial charge in [-0.25, -0.2) is 99.2 Å². The predicted octanol–water partition coefficient (Wildman–Crippen LogP) is 9.30. The van der Waals surface area contributed by atoms with Crippen LogP contribution < -0.4 is 29.4 Å². The highest BCUT2D eigenvalue weighted by Crippen LogP contribution is 2.37. The van der Waals surface area contributed by atoms with E-state index in [9.17, 15) is 28.8 Å². The summed E-state index contributed by atoms with van der Waals surface area (Å²) < 4.78 is 263. The zero-order chi connectivity index (χ0) is 127. The minimum Gasteiger partial charge on any atom is -0.354 e. The number of H-pyrrole nitrogens is 6. The summed E-state index contributed by atoms with van der Waals surface area (Å²) in [6.07, 6.45) is 9.09. The third kappa shape index (κ3) is 23.1. The molecule has 6 aliphatic rings. The van der Waals surface area contributed by atoms with E-state index < -0.39 is 167 Å². The first-order valence-corrected chi connectivity index (χ1v) is 43.1. The molecule has 6 saturated heterocycles. The monoisotopic (exact) mass is 1910 g/mol. The molecular formula is C96H120N36O6. The number of fused-ring (bicyclic) bond motifs is 6. The largest absolute Gasteiger partial charge is 0.354 e. The van der Waals surface area contributed by atoms with Crippen LogP contribution in [0.3, 0.4) is 0 Å². The molecule has 0 radical (unpaired) electrons. The van der Waals surface area contributed by atoms with Gasteiger partial charge in [-0.1, -0.05) is 41.3 Å². The molecule has 0 bridgehead atoms. The molecule has 6 amide bonds. The molecule has 720 valence electrons. The zero-order valence-corrected chi connectivity index (χ0v) is 76.5. The first-order valence-electron chi connectivity index (χ1n) is 59.6. The van der Waals surface area contributed by atoms with Gasteiger partial charge < -0.3 is 118 Å². The van der Waals surface area contributed by atoms with E-state index in [2.05, 4.69) is 119 Å². The summed E-state index contributed by atoms with van der Waals surface area (Å²) in [6.45, 7) is 22.3. The summed E-state index contributed by atoms with van der Waals surface area (Å²) in [6, 6.07) is 3.05. The van der Waals surface area contributed by atoms with Gasteiger partial charge in [0.25, 0.3) is 39.0 Å². The van der Waals surface area contributed by atoms with E-state index >= 15 is 0 Å². The van der Waals surface area contributed by atoms with Crippen molar-refractivity contribution in [3.8, 4) is 0 Å². The highest BCUT2D eigenvalue weighted by molar-refractivity contribution is 5.93. The Bertz CT molecular complexity index is 8230. The fourth-order valence-electron chi connectivity index (χ4n) is 16.8. The van der Waals surface area contributed by atoms with Crippen molar-refractivity contribution in [2.45, 2.75) is 116 Å². The van der Waals surface area contributed by atoms with Crippen molar-refractivity contribution in [1.29, 1.82) is 0 Å². The summed E-state index contributed by atoms with van der Waals surface area (Å²) in [5.74, 6) is -10.5. The maximum absolute atomic E-state index is 12.5. The molecular weight excluding hydrogens is 1750 g/mol. The number of carbonyl (C=O) groups is 6. The lowest BCUT2D eigenvalue weighted by Crippen LogP contribution is -2.53. The molecule has 12 aromatic rings. The number of nitrogens with one attached hydrogen (secondary N) is 6. The predicted molar refractivity (Wildman–Crippen MR) is 527 cm³/mol. The van der Waals surface area contributed by atoms with Gasteiger partial charge in [0.1, 0.15) is 131 Å². The van der Waals surface area contributed by atoms with Crippen molar-refractivity contribution in [3.63, 3.8) is 0 Å². The quantitative estimate of drug-likeness (QED) is 0.0435. The lowest BCUT2D eigenvalue weighted by Gasteiger charge is -2.41. The highest BCUT2D eigenvalue weighted by Gasteiger charge is 2.41. The third-order valence-electron chi connectivity index (χ3n) is 24.5. The van der Waals surface area contributed by atoms with Gasteiger partial charge in [-0.05, 0) is 110 Å². The van der Waals surface area contributed by atoms with E-state index in [0.717, 1.165) is 14.7 Å². The molecule has 0 saturated carbocycles. The molecule has 18 heterocycles. The lowest BCUT2D eigenvalue weighted by atomic mass is 9.92. The summed E-state index contributed by atoms with van der Waals surface area (Å²) in [7, 11) is 9.59. The molecule has 138 heavy (non-hydrogen) atoms. The number of likely N-dealkylation sites (N-methyl/N-ethyl adjacent to an activating group) is 6. The minimum absolute atomic E-state index is 0.0499. The van der Waals surface area contributed by atoms with E-state index in [-0.39, 0.29) is 159 Å². The molecule has 6 aliphatic heterocycles. The minimum atomic E-state index is -2.80. The van der Waals surface area contributed by atoms with Gasteiger partial charge in [0.2, 0.25) is 0 Å². The summed E-state index contributed by atoms with van der Waals surface area (Å²) in [5.41, 5.74) is 2.57. The summed E-state index contributed by atoms with van der Waals surface area (Å²) >= 11 is 0. The number of aromatic amines is 6. The van der Waals surface area contributed by atoms with E-state index in [0.29, 0.717) is 96.5 Å². The first-order chi connectivity index (χ1) is 79.2. The topological polar surface area (TPSA) is 417 Å². The van der Waals surface area contributed by atoms with Crippen molar-refractivity contribution in [2.24, 2.45) is 35.4 Å². The third-order valence-corrected chi connectivity index (χ3v) is 24.5. The maximum atomic E-state index is 12.5. The number of likely N-dealkylation sites (tertiary alicyclic amines) is 6. The van der Waals surface area contributed by atoms with Crippen LogP contribution in [0.5, 0.6) is 0 Å². The molecule has 12 atom stereocenters. The number of rotatable bonds is 18. The Kier molecular flexibility index (Phi) is 21.7. The van der Waals surface area contributed by atoms with Crippen molar-refractivity contribution in [1.82, 2.24) is 119 Å². The fourth-order valence-corrected chi connectivity index (χ4v) is 16.8. The van der Waals surface area contributed by atoms with Crippen LogP contribution in [0.4, 0.5) is 34.9 Å². The summed E-state index contributed by atoms with van der Waals surface area (Å²) in [5, 5.41) is 3.52. The molecule has 0 aromatic carbocycles. The van der Waals surface area contributed by atoms with Crippen LogP contribution in [0, 0.1) is 74.9 Å². The molecule has 18 rings (SSSR count). The molecule has 6 N–H and O–H groups in total. The van der Waals surface area contributed by atoms with Crippen molar-refractivity contribution < 1.29 is 74.0 Å². The average Bonchev–Trinajstić information content (AvgIpc) is 1.09. The van der Waals surface area contributed by atoms with Crippen LogP contribution in [-0.4, -0.2) is 351 Å². The Labute approximate surface area is 848 Å². The first kappa shape index (κ1) is 64.3. The molecule has 6 fully saturated rings. The summed E-state index contributed by atoms with van der Waals surface area (Å²) in [4.78, 5) is 173. The Morgan fingerprint density at radius 2 is 0.551 bits per heavy atom. The normalized spacial score (nSPS) is 28.8. The second-order valence-electron chi connectivity index (χ2n) is 32.5. The maximum Gasteiger partial charge on any atom is 0.302 e. The SMILES string of the molecule is [2H]c1nc(N(C)[C@@]2([2H])CN(C(=O)C([2H])([2H])[N+]#[C-])CC[C@@]2([2H])C)c2cc[nH]c2n1.[2H]c1nc(N(C)[C@@]2([2H])CN(C(=O)C([2H])([2H])[N+]#[C-])CC[C@H]2C([2H])([2H])[2H])c2cc[nH]c2n1.[2H]c1nc(N(C)[C@@]2([2H])CN(C(=O)C([2H])([2H])[N+]#[C-])CC[C@H]2C)c2cc[nH]c2n1.[2H]c1nc(N(C)[C@H]2CN(C(=O)C([2H])([2H])[N+]#[C-])CC[C@@]2([2H])C([2H])([2H])[2H])c2cc[nH]c2n1.[2H]c1nc(N(C)[C@H]2CN(C(=O)C([2H])([2H])[N+]#[C-])CC[C@@]2([2H])C)c2cc[nH]c2n1.[2H]c1nc(N(C)[C@H]2CN(C(=O)C([2H])([2H])[N+]#[C-])CC[C@H]2C([2H])([2H])[2H])c2cc[nH]c2n1. The molecule has 0 aliphatic carbocycles. The second-order valence-corrected chi connectivity index (χ2v) is 32.5. The van der Waals surface area contributed by atoms with Gasteiger partial charge in [0, 0.05) is 174 Å². The molecule has 42 heteroatoms. The molecule has 42 nitrogen and oxygen atoms in total. The number of nitrogens with zero attached hydrogens (tertiary/aromatic N) is 30. The standard InChI is InChI=1S/6C16H20N6O/c6*1-11-5-7-22(14(23)8-17-2)9-13(11)21(3)16-12-4-6-18-15(12)19-10-20-16/h6*4,6,10-11,13H,5,7-9H2,1,3H3,(H,18,19,20)/t6*11-,13+/m111111/s1/i8D2,10D,11D,13D;1D3,8D2,10D,13D;1D3,8D2,10D,11D;8D2,10D,13D;8D2,10D,11D;1D3,8D2,10D. The molecule has 0 spiro atoms. The molecule has 0 unspecified atom stereocenters. The van der Waals surface area contributed by atoms with Crippen LogP contribution in [0.1, 0.15) is 125 Å². The van der Waals surface area contributed by atoms with Crippen LogP contribution in [0.15, 0.2) is 111 Å². The van der Waals surface area contributed by atoms with Crippen LogP contribution in [-0.2, 0) is 28.8 Å². The van der Waals surface area contributed by atoms with E-state index in [1.54, 1.807) is 130 Å². The van der Waals surface area contributed by atoms with Gasteiger partial charge in [0.15, 0.2) is 0 Å². The zero-order valence-electron chi connectivity index (χ0n) is 109. The van der Waals surface area contributed by atoms with E-state index in [1.807, 2.05) is 6.92 Å². The molecule has 12 aromatic heterocycles. The number of carbonyl (C=O) groups excluding carboxylic acids is 6. The average molecular weight is 1910 g/mol. The number of hydrogen-bond acceptors (Lipinski definition) is 24. The smallest absolute Gasteiger partial charge is 0.302 e. The van der Waals surface area contributed by atoms with Gasteiger partial charge >= 0.3 is 35.4 Å². The Hall–Kier alpha value is -15.7. The number of aromatic nitrogens is 18. The number of anilines is 6. The second kappa shape index (κ2) is 46.5. The number of hydrogen-bond donors (Lipinski definition) is 6. The van der Waals surface area contributed by atoms with Gasteiger partial charge in [-0.2, -0.15) is 0 Å². The van der Waals surface area contributed by atoms with Crippen molar-refractivity contribution in [2.75, 3.05) is 189 Å². The Morgan fingerprint density at radius 1 is 0.319 bits per heavy atom. The Morgan fingerprint density at radius 3 is 0.855 bits per heavy atom. The van der Waals surface area contributed by atoms with Crippen LogP contribution >= 0.6 is 0 Å². The number of amides is 6. The van der Waals surface area contributed by atoms with Gasteiger partial charge in [-0.3, -0.25) is 28.8 Å². The highest BCUT2D eigenvalue weighted by atomic mass is 16.2. The van der Waals surface area contributed by atoms with Crippen LogP contribution in [0.2, 0.25) is 0 Å². The van der Waals surface area contributed by atoms with Gasteiger partial charge in [-0.15, -0.1) is 0 Å².